The van der Waals surface area contributed by atoms with E-state index in [9.17, 15) is 13.9 Å². The summed E-state index contributed by atoms with van der Waals surface area (Å²) in [5, 5.41) is 10.2. The molecule has 0 spiro atoms. The molecule has 3 heteroatoms. The van der Waals surface area contributed by atoms with Gasteiger partial charge < -0.3 is 5.11 Å². The summed E-state index contributed by atoms with van der Waals surface area (Å²) in [4.78, 5) is 0. The van der Waals surface area contributed by atoms with E-state index >= 15 is 0 Å². The van der Waals surface area contributed by atoms with E-state index in [4.69, 9.17) is 0 Å². The Hall–Kier alpha value is -0.960. The summed E-state index contributed by atoms with van der Waals surface area (Å²) in [5.74, 6) is -0.939. The lowest BCUT2D eigenvalue weighted by atomic mass is 9.89. The molecule has 1 fully saturated rings. The fraction of sp³-hybridized carbons (Fsp3) is 0.571. The van der Waals surface area contributed by atoms with Crippen molar-refractivity contribution in [3.8, 4) is 0 Å². The molecule has 0 saturated heterocycles. The van der Waals surface area contributed by atoms with Crippen molar-refractivity contribution in [1.82, 2.24) is 0 Å². The van der Waals surface area contributed by atoms with Crippen LogP contribution in [0.4, 0.5) is 8.78 Å². The van der Waals surface area contributed by atoms with Crippen LogP contribution in [0.25, 0.3) is 0 Å². The van der Waals surface area contributed by atoms with Gasteiger partial charge in [-0.15, -0.1) is 0 Å². The fourth-order valence-corrected chi connectivity index (χ4v) is 2.62. The molecule has 1 atom stereocenters. The first-order valence-corrected chi connectivity index (χ1v) is 6.31. The van der Waals surface area contributed by atoms with Gasteiger partial charge in [0.15, 0.2) is 0 Å². The van der Waals surface area contributed by atoms with E-state index in [-0.39, 0.29) is 11.5 Å². The third-order valence-corrected chi connectivity index (χ3v) is 3.62. The van der Waals surface area contributed by atoms with Crippen LogP contribution in [0.5, 0.6) is 0 Å². The molecule has 0 aliphatic heterocycles. The molecule has 0 radical (unpaired) electrons. The van der Waals surface area contributed by atoms with E-state index in [2.05, 4.69) is 0 Å². The summed E-state index contributed by atoms with van der Waals surface area (Å²) >= 11 is 0. The summed E-state index contributed by atoms with van der Waals surface area (Å²) in [5.41, 5.74) is 0.108. The lowest BCUT2D eigenvalue weighted by Crippen LogP contribution is -2.13. The molecule has 1 aromatic rings. The highest BCUT2D eigenvalue weighted by Crippen LogP contribution is 2.34. The van der Waals surface area contributed by atoms with Crippen LogP contribution < -0.4 is 0 Å². The van der Waals surface area contributed by atoms with Crippen LogP contribution in [-0.4, -0.2) is 5.11 Å². The highest BCUT2D eigenvalue weighted by atomic mass is 19.1. The Balaban J connectivity index is 2.16. The zero-order valence-electron chi connectivity index (χ0n) is 9.83. The Labute approximate surface area is 100 Å². The van der Waals surface area contributed by atoms with Crippen molar-refractivity contribution >= 4 is 0 Å². The van der Waals surface area contributed by atoms with Gasteiger partial charge in [-0.05, 0) is 37.0 Å². The second-order valence-corrected chi connectivity index (χ2v) is 4.86. The number of halogens is 2. The topological polar surface area (TPSA) is 20.2 Å². The number of aliphatic hydroxyl groups is 1. The summed E-state index contributed by atoms with van der Waals surface area (Å²) in [6, 6.07) is 3.29. The lowest BCUT2D eigenvalue weighted by molar-refractivity contribution is 0.0949. The monoisotopic (exact) mass is 240 g/mol. The summed E-state index contributed by atoms with van der Waals surface area (Å²) in [6.07, 6.45) is 5.42. The van der Waals surface area contributed by atoms with Gasteiger partial charge in [-0.1, -0.05) is 25.7 Å². The molecule has 0 unspecified atom stereocenters. The number of benzene rings is 1. The van der Waals surface area contributed by atoms with Crippen molar-refractivity contribution in [2.45, 2.75) is 44.6 Å². The van der Waals surface area contributed by atoms with E-state index < -0.39 is 17.7 Å². The first-order valence-electron chi connectivity index (χ1n) is 6.31. The third-order valence-electron chi connectivity index (χ3n) is 3.62. The van der Waals surface area contributed by atoms with Gasteiger partial charge >= 0.3 is 0 Å². The van der Waals surface area contributed by atoms with Crippen LogP contribution in [0.1, 0.15) is 50.2 Å². The SMILES string of the molecule is O[C@H](c1cc(F)ccc1F)C1CCCCCC1. The van der Waals surface area contributed by atoms with Gasteiger partial charge in [-0.25, -0.2) is 8.78 Å². The zero-order valence-corrected chi connectivity index (χ0v) is 9.83. The van der Waals surface area contributed by atoms with E-state index in [1.807, 2.05) is 0 Å². The van der Waals surface area contributed by atoms with Crippen molar-refractivity contribution in [1.29, 1.82) is 0 Å². The van der Waals surface area contributed by atoms with Crippen molar-refractivity contribution in [2.75, 3.05) is 0 Å². The maximum absolute atomic E-state index is 13.5. The molecule has 0 aromatic heterocycles. The maximum Gasteiger partial charge on any atom is 0.129 e. The van der Waals surface area contributed by atoms with Crippen LogP contribution in [0.2, 0.25) is 0 Å². The van der Waals surface area contributed by atoms with Gasteiger partial charge in [0.25, 0.3) is 0 Å². The average Bonchev–Trinajstić information content (AvgIpc) is 2.60. The Morgan fingerprint density at radius 1 is 1.06 bits per heavy atom. The van der Waals surface area contributed by atoms with Crippen molar-refractivity contribution in [3.05, 3.63) is 35.4 Å². The fourth-order valence-electron chi connectivity index (χ4n) is 2.62. The molecule has 1 N–H and O–H groups in total. The number of hydrogen-bond acceptors (Lipinski definition) is 1. The second kappa shape index (κ2) is 5.58. The molecule has 94 valence electrons. The zero-order chi connectivity index (χ0) is 12.3. The van der Waals surface area contributed by atoms with Crippen LogP contribution in [0.15, 0.2) is 18.2 Å². The highest BCUT2D eigenvalue weighted by Gasteiger charge is 2.24. The third kappa shape index (κ3) is 3.03. The van der Waals surface area contributed by atoms with Crippen LogP contribution in [-0.2, 0) is 0 Å². The minimum absolute atomic E-state index is 0.0637. The summed E-state index contributed by atoms with van der Waals surface area (Å²) < 4.78 is 26.6. The number of hydrogen-bond donors (Lipinski definition) is 1. The number of aliphatic hydroxyl groups excluding tert-OH is 1. The highest BCUT2D eigenvalue weighted by molar-refractivity contribution is 5.21. The lowest BCUT2D eigenvalue weighted by Gasteiger charge is -2.22. The van der Waals surface area contributed by atoms with E-state index in [1.165, 1.54) is 12.8 Å². The van der Waals surface area contributed by atoms with Gasteiger partial charge in [-0.3, -0.25) is 0 Å². The molecule has 0 bridgehead atoms. The van der Waals surface area contributed by atoms with Crippen molar-refractivity contribution < 1.29 is 13.9 Å². The molecule has 1 saturated carbocycles. The van der Waals surface area contributed by atoms with Crippen LogP contribution >= 0.6 is 0 Å². The molecule has 0 heterocycles. The Bertz CT molecular complexity index is 370. The molecular formula is C14H18F2O. The first-order chi connectivity index (χ1) is 8.18. The van der Waals surface area contributed by atoms with E-state index in [1.54, 1.807) is 0 Å². The standard InChI is InChI=1S/C14H18F2O/c15-11-7-8-13(16)12(9-11)14(17)10-5-3-1-2-4-6-10/h7-10,14,17H,1-6H2/t14-/m0/s1. The molecule has 1 aliphatic rings. The Kier molecular flexibility index (Phi) is 4.11. The average molecular weight is 240 g/mol. The molecule has 1 aromatic carbocycles. The first kappa shape index (κ1) is 12.5. The van der Waals surface area contributed by atoms with E-state index in [0.717, 1.165) is 43.9 Å². The summed E-state index contributed by atoms with van der Waals surface area (Å²) in [6.45, 7) is 0. The molecule has 17 heavy (non-hydrogen) atoms. The molecule has 1 aliphatic carbocycles. The smallest absolute Gasteiger partial charge is 0.129 e. The quantitative estimate of drug-likeness (QED) is 0.775. The Morgan fingerprint density at radius 3 is 2.35 bits per heavy atom. The Morgan fingerprint density at radius 2 is 1.71 bits per heavy atom. The molecule has 1 nitrogen and oxygen atoms in total. The number of rotatable bonds is 2. The van der Waals surface area contributed by atoms with Gasteiger partial charge in [-0.2, -0.15) is 0 Å². The molecule has 0 amide bonds. The van der Waals surface area contributed by atoms with Gasteiger partial charge in [0.2, 0.25) is 0 Å². The predicted octanol–water partition coefficient (Wildman–Crippen LogP) is 3.97. The maximum atomic E-state index is 13.5. The van der Waals surface area contributed by atoms with Crippen molar-refractivity contribution in [3.63, 3.8) is 0 Å². The minimum Gasteiger partial charge on any atom is -0.388 e. The minimum atomic E-state index is -0.871. The van der Waals surface area contributed by atoms with Crippen LogP contribution in [0.3, 0.4) is 0 Å². The van der Waals surface area contributed by atoms with Gasteiger partial charge in [0, 0.05) is 5.56 Å². The predicted molar refractivity (Wildman–Crippen MR) is 62.5 cm³/mol. The van der Waals surface area contributed by atoms with E-state index in [0.29, 0.717) is 0 Å². The summed E-state index contributed by atoms with van der Waals surface area (Å²) in [7, 11) is 0. The van der Waals surface area contributed by atoms with Gasteiger partial charge in [0.05, 0.1) is 6.10 Å². The molecule has 2 rings (SSSR count). The normalized spacial score (nSPS) is 19.9. The van der Waals surface area contributed by atoms with Gasteiger partial charge in [0.1, 0.15) is 11.6 Å². The molecular weight excluding hydrogens is 222 g/mol. The second-order valence-electron chi connectivity index (χ2n) is 4.86. The van der Waals surface area contributed by atoms with Crippen LogP contribution in [0, 0.1) is 17.6 Å². The van der Waals surface area contributed by atoms with Crippen molar-refractivity contribution in [2.24, 2.45) is 5.92 Å². The largest absolute Gasteiger partial charge is 0.388 e.